The van der Waals surface area contributed by atoms with E-state index in [-0.39, 0.29) is 10.7 Å². The lowest BCUT2D eigenvalue weighted by atomic mass is 10.3. The van der Waals surface area contributed by atoms with Gasteiger partial charge in [0, 0.05) is 5.69 Å². The van der Waals surface area contributed by atoms with Crippen molar-refractivity contribution in [2.24, 2.45) is 0 Å². The van der Waals surface area contributed by atoms with Gasteiger partial charge in [-0.3, -0.25) is 15.1 Å². The molecule has 1 heterocycles. The number of aromatic nitrogens is 1. The Hall–Kier alpha value is -1.16. The maximum atomic E-state index is 10.4. The van der Waals surface area contributed by atoms with Gasteiger partial charge in [0.25, 0.3) is 0 Å². The summed E-state index contributed by atoms with van der Waals surface area (Å²) in [6.07, 6.45) is 0. The zero-order chi connectivity index (χ0) is 11.3. The number of pyridine rings is 1. The Balaban J connectivity index is 0.000000791. The number of nitrogens with zero attached hydrogens (tertiary/aromatic N) is 2. The third-order valence-corrected chi connectivity index (χ3v) is 1.72. The second-order valence-corrected chi connectivity index (χ2v) is 2.84. The summed E-state index contributed by atoms with van der Waals surface area (Å²) in [6.45, 7) is 7.31. The molecule has 78 valence electrons. The van der Waals surface area contributed by atoms with Gasteiger partial charge in [-0.15, -0.1) is 0 Å². The monoisotopic (exact) mass is 216 g/mol. The summed E-state index contributed by atoms with van der Waals surface area (Å²) < 4.78 is 0. The van der Waals surface area contributed by atoms with Gasteiger partial charge in [-0.1, -0.05) is 25.4 Å². The zero-order valence-corrected chi connectivity index (χ0v) is 9.42. The summed E-state index contributed by atoms with van der Waals surface area (Å²) in [4.78, 5) is 13.8. The van der Waals surface area contributed by atoms with E-state index in [1.54, 1.807) is 13.8 Å². The Bertz CT molecular complexity index is 317. The summed E-state index contributed by atoms with van der Waals surface area (Å²) in [6, 6.07) is 1.48. The average molecular weight is 217 g/mol. The minimum atomic E-state index is -0.524. The van der Waals surface area contributed by atoms with Crippen molar-refractivity contribution in [2.75, 3.05) is 0 Å². The van der Waals surface area contributed by atoms with E-state index in [0.29, 0.717) is 11.4 Å². The van der Waals surface area contributed by atoms with E-state index in [4.69, 9.17) is 11.6 Å². The molecular weight excluding hydrogens is 204 g/mol. The van der Waals surface area contributed by atoms with E-state index in [0.717, 1.165) is 0 Å². The van der Waals surface area contributed by atoms with Crippen LogP contribution in [0, 0.1) is 24.0 Å². The maximum Gasteiger partial charge on any atom is 0.308 e. The normalized spacial score (nSPS) is 8.93. The highest BCUT2D eigenvalue weighted by molar-refractivity contribution is 6.32. The van der Waals surface area contributed by atoms with E-state index in [9.17, 15) is 10.1 Å². The van der Waals surface area contributed by atoms with Crippen molar-refractivity contribution < 1.29 is 4.92 Å². The minimum absolute atomic E-state index is 0.109. The van der Waals surface area contributed by atoms with Crippen LogP contribution in [-0.4, -0.2) is 9.91 Å². The molecule has 0 unspecified atom stereocenters. The van der Waals surface area contributed by atoms with E-state index >= 15 is 0 Å². The molecule has 5 heteroatoms. The van der Waals surface area contributed by atoms with Crippen LogP contribution in [0.5, 0.6) is 0 Å². The number of halogens is 1. The molecule has 0 fully saturated rings. The first-order valence-electron chi connectivity index (χ1n) is 4.30. The fourth-order valence-corrected chi connectivity index (χ4v) is 1.36. The molecule has 0 saturated heterocycles. The molecule has 0 saturated carbocycles. The zero-order valence-electron chi connectivity index (χ0n) is 8.67. The molecule has 0 spiro atoms. The second kappa shape index (κ2) is 5.54. The van der Waals surface area contributed by atoms with E-state index < -0.39 is 4.92 Å². The number of aryl methyl sites for hydroxylation is 2. The number of nitro groups is 1. The molecule has 0 N–H and O–H groups in total. The van der Waals surface area contributed by atoms with Gasteiger partial charge in [0.05, 0.1) is 4.92 Å². The molecule has 0 amide bonds. The van der Waals surface area contributed by atoms with Crippen LogP contribution in [0.15, 0.2) is 6.07 Å². The Morgan fingerprint density at radius 2 is 1.93 bits per heavy atom. The first kappa shape index (κ1) is 12.8. The Kier molecular flexibility index (Phi) is 5.09. The molecule has 0 bridgehead atoms. The Morgan fingerprint density at radius 1 is 1.43 bits per heavy atom. The highest BCUT2D eigenvalue weighted by Crippen LogP contribution is 2.26. The van der Waals surface area contributed by atoms with Gasteiger partial charge in [0.15, 0.2) is 0 Å². The van der Waals surface area contributed by atoms with Crippen molar-refractivity contribution in [3.05, 3.63) is 32.6 Å². The van der Waals surface area contributed by atoms with Crippen LogP contribution in [0.1, 0.15) is 25.2 Å². The summed E-state index contributed by atoms with van der Waals surface area (Å²) in [5.74, 6) is 0. The Labute approximate surface area is 88.1 Å². The van der Waals surface area contributed by atoms with E-state index in [1.807, 2.05) is 13.8 Å². The van der Waals surface area contributed by atoms with Gasteiger partial charge >= 0.3 is 5.69 Å². The highest BCUT2D eigenvalue weighted by Gasteiger charge is 2.17. The summed E-state index contributed by atoms with van der Waals surface area (Å²) >= 11 is 5.65. The first-order chi connectivity index (χ1) is 6.52. The number of hydrogen-bond acceptors (Lipinski definition) is 3. The third-order valence-electron chi connectivity index (χ3n) is 1.43. The second-order valence-electron chi connectivity index (χ2n) is 2.44. The molecule has 14 heavy (non-hydrogen) atoms. The molecule has 0 aliphatic carbocycles. The van der Waals surface area contributed by atoms with Crippen molar-refractivity contribution >= 4 is 17.3 Å². The average Bonchev–Trinajstić information content (AvgIpc) is 2.04. The predicted octanol–water partition coefficient (Wildman–Crippen LogP) is 3.29. The van der Waals surface area contributed by atoms with Crippen LogP contribution in [0.3, 0.4) is 0 Å². The van der Waals surface area contributed by atoms with Gasteiger partial charge < -0.3 is 0 Å². The highest BCUT2D eigenvalue weighted by atomic mass is 35.5. The topological polar surface area (TPSA) is 56.0 Å². The fraction of sp³-hybridized carbons (Fsp3) is 0.444. The molecule has 1 rings (SSSR count). The molecule has 0 radical (unpaired) electrons. The van der Waals surface area contributed by atoms with Crippen LogP contribution in [0.25, 0.3) is 0 Å². The Morgan fingerprint density at radius 3 is 2.29 bits per heavy atom. The first-order valence-corrected chi connectivity index (χ1v) is 4.68. The van der Waals surface area contributed by atoms with E-state index in [2.05, 4.69) is 4.98 Å². The van der Waals surface area contributed by atoms with Crippen LogP contribution in [-0.2, 0) is 0 Å². The van der Waals surface area contributed by atoms with Gasteiger partial charge in [-0.05, 0) is 19.9 Å². The molecular formula is C9H13ClN2O2. The minimum Gasteiger partial charge on any atom is -0.258 e. The molecule has 1 aromatic rings. The summed E-state index contributed by atoms with van der Waals surface area (Å²) in [5.41, 5.74) is 0.926. The van der Waals surface area contributed by atoms with Crippen LogP contribution in [0.2, 0.25) is 5.02 Å². The summed E-state index contributed by atoms with van der Waals surface area (Å²) in [5, 5.41) is 10.6. The largest absolute Gasteiger partial charge is 0.308 e. The van der Waals surface area contributed by atoms with Gasteiger partial charge in [-0.25, -0.2) is 0 Å². The van der Waals surface area contributed by atoms with Crippen molar-refractivity contribution in [2.45, 2.75) is 27.7 Å². The molecule has 0 aliphatic heterocycles. The lowest BCUT2D eigenvalue weighted by molar-refractivity contribution is -0.385. The van der Waals surface area contributed by atoms with Crippen LogP contribution in [0.4, 0.5) is 5.69 Å². The predicted molar refractivity (Wildman–Crippen MR) is 56.7 cm³/mol. The van der Waals surface area contributed by atoms with E-state index in [1.165, 1.54) is 6.07 Å². The van der Waals surface area contributed by atoms with Gasteiger partial charge in [0.2, 0.25) is 0 Å². The molecule has 0 atom stereocenters. The smallest absolute Gasteiger partial charge is 0.258 e. The summed E-state index contributed by atoms with van der Waals surface area (Å²) in [7, 11) is 0. The maximum absolute atomic E-state index is 10.4. The lowest BCUT2D eigenvalue weighted by Gasteiger charge is -1.99. The molecule has 1 aromatic heterocycles. The molecule has 0 aliphatic rings. The number of rotatable bonds is 1. The lowest BCUT2D eigenvalue weighted by Crippen LogP contribution is -1.96. The third kappa shape index (κ3) is 2.96. The standard InChI is InChI=1S/C7H7ClN2O2.C2H6/c1-4-3-6(8)7(10(11)12)5(2)9-4;1-2/h3H,1-2H3;1-2H3. The van der Waals surface area contributed by atoms with Gasteiger partial charge in [0.1, 0.15) is 10.7 Å². The fourth-order valence-electron chi connectivity index (χ4n) is 0.994. The van der Waals surface area contributed by atoms with Crippen molar-refractivity contribution in [1.29, 1.82) is 0 Å². The number of hydrogen-bond donors (Lipinski definition) is 0. The van der Waals surface area contributed by atoms with Crippen molar-refractivity contribution in [3.8, 4) is 0 Å². The molecule has 4 nitrogen and oxygen atoms in total. The van der Waals surface area contributed by atoms with Crippen LogP contribution >= 0.6 is 11.6 Å². The van der Waals surface area contributed by atoms with Crippen molar-refractivity contribution in [1.82, 2.24) is 4.98 Å². The molecule has 0 aromatic carbocycles. The van der Waals surface area contributed by atoms with Crippen molar-refractivity contribution in [3.63, 3.8) is 0 Å². The van der Waals surface area contributed by atoms with Gasteiger partial charge in [-0.2, -0.15) is 0 Å². The van der Waals surface area contributed by atoms with Crippen LogP contribution < -0.4 is 0 Å². The SMILES string of the molecule is CC.Cc1cc(Cl)c([N+](=O)[O-])c(C)n1. The quantitative estimate of drug-likeness (QED) is 0.535.